The van der Waals surface area contributed by atoms with Gasteiger partial charge in [0.1, 0.15) is 19.6 Å². The molecule has 2 aromatic carbocycles. The van der Waals surface area contributed by atoms with Gasteiger partial charge in [0.15, 0.2) is 0 Å². The van der Waals surface area contributed by atoms with Crippen molar-refractivity contribution >= 4 is 24.9 Å². The van der Waals surface area contributed by atoms with Gasteiger partial charge in [0, 0.05) is 37.8 Å². The summed E-state index contributed by atoms with van der Waals surface area (Å²) in [6, 6.07) is 12.9. The molecule has 5 heteroatoms. The van der Waals surface area contributed by atoms with Gasteiger partial charge < -0.3 is 14.4 Å². The largest absolute Gasteiger partial charge is 0.496 e. The lowest BCUT2D eigenvalue weighted by Gasteiger charge is -2.30. The third-order valence-corrected chi connectivity index (χ3v) is 8.47. The van der Waals surface area contributed by atoms with Gasteiger partial charge in [-0.1, -0.05) is 72.0 Å². The van der Waals surface area contributed by atoms with E-state index in [-0.39, 0.29) is 16.8 Å². The first-order valence-electron chi connectivity index (χ1n) is 11.3. The Morgan fingerprint density at radius 2 is 1.34 bits per heavy atom. The normalized spacial score (nSPS) is 12.5. The van der Waals surface area contributed by atoms with E-state index < -0.39 is 8.07 Å². The highest BCUT2D eigenvalue weighted by Crippen LogP contribution is 2.41. The Hall–Kier alpha value is -2.27. The van der Waals surface area contributed by atoms with E-state index >= 15 is 0 Å². The smallest absolute Gasteiger partial charge is 0.308 e. The van der Waals surface area contributed by atoms with Crippen LogP contribution in [-0.2, 0) is 15.6 Å². The molecule has 0 spiro atoms. The summed E-state index contributed by atoms with van der Waals surface area (Å²) in [6.45, 7) is 19.0. The van der Waals surface area contributed by atoms with Crippen LogP contribution in [0.1, 0.15) is 59.6 Å². The fraction of sp³-hybridized carbons (Fsp3) is 0.519. The van der Waals surface area contributed by atoms with E-state index in [1.165, 1.54) is 17.8 Å². The maximum absolute atomic E-state index is 11.8. The van der Waals surface area contributed by atoms with Crippen LogP contribution in [0.3, 0.4) is 0 Å². The van der Waals surface area contributed by atoms with E-state index in [4.69, 9.17) is 9.47 Å². The Bertz CT molecular complexity index is 949. The van der Waals surface area contributed by atoms with Crippen molar-refractivity contribution in [3.05, 3.63) is 47.5 Å². The number of nitrogens with zero attached hydrogens (tertiary/aromatic N) is 1. The topological polar surface area (TPSA) is 38.8 Å². The molecule has 0 radical (unpaired) electrons. The molecule has 0 aliphatic rings. The van der Waals surface area contributed by atoms with Crippen LogP contribution in [0.25, 0.3) is 0 Å². The van der Waals surface area contributed by atoms with Crippen molar-refractivity contribution in [1.29, 1.82) is 0 Å². The van der Waals surface area contributed by atoms with Crippen LogP contribution in [0.5, 0.6) is 11.5 Å². The van der Waals surface area contributed by atoms with Crippen molar-refractivity contribution < 1.29 is 14.3 Å². The predicted molar refractivity (Wildman–Crippen MR) is 139 cm³/mol. The molecule has 4 nitrogen and oxygen atoms in total. The third-order valence-electron chi connectivity index (χ3n) is 5.71. The maximum atomic E-state index is 11.8. The molecular formula is C27H41NO3Si. The minimum absolute atomic E-state index is 0.153. The van der Waals surface area contributed by atoms with Gasteiger partial charge in [-0.2, -0.15) is 0 Å². The number of anilines is 1. The Balaban J connectivity index is 2.45. The Morgan fingerprint density at radius 1 is 0.875 bits per heavy atom. The van der Waals surface area contributed by atoms with Crippen molar-refractivity contribution in [2.24, 2.45) is 0 Å². The monoisotopic (exact) mass is 455 g/mol. The zero-order valence-electron chi connectivity index (χ0n) is 21.8. The van der Waals surface area contributed by atoms with Crippen molar-refractivity contribution in [2.45, 2.75) is 72.4 Å². The first-order valence-corrected chi connectivity index (χ1v) is 14.5. The summed E-state index contributed by atoms with van der Waals surface area (Å²) >= 11 is 0. The molecule has 0 amide bonds. The predicted octanol–water partition coefficient (Wildman–Crippen LogP) is 5.81. The standard InChI is InChI=1S/C27H41NO3Si/c1-19(29)31-25-17-22(26(2,3)4)24(16-23(25)27(5,6)7)30-18-32(10,11)21-14-12-20(13-15-21)28(8)9/h12-17H,18H2,1-11H3. The maximum Gasteiger partial charge on any atom is 0.308 e. The van der Waals surface area contributed by atoms with Crippen molar-refractivity contribution in [3.8, 4) is 11.5 Å². The van der Waals surface area contributed by atoms with E-state index in [0.717, 1.165) is 16.9 Å². The molecule has 0 aliphatic carbocycles. The summed E-state index contributed by atoms with van der Waals surface area (Å²) in [5.74, 6) is 1.20. The molecule has 32 heavy (non-hydrogen) atoms. The Labute approximate surface area is 195 Å². The van der Waals surface area contributed by atoms with Crippen molar-refractivity contribution in [1.82, 2.24) is 0 Å². The lowest BCUT2D eigenvalue weighted by Crippen LogP contribution is -2.47. The lowest BCUT2D eigenvalue weighted by atomic mass is 9.81. The van der Waals surface area contributed by atoms with Crippen LogP contribution in [0, 0.1) is 0 Å². The molecule has 0 unspecified atom stereocenters. The molecule has 0 atom stereocenters. The van der Waals surface area contributed by atoms with Crippen LogP contribution < -0.4 is 19.6 Å². The molecule has 176 valence electrons. The second-order valence-electron chi connectivity index (χ2n) is 11.6. The number of carbonyl (C=O) groups is 1. The first-order chi connectivity index (χ1) is 14.5. The number of benzene rings is 2. The minimum atomic E-state index is -1.83. The quantitative estimate of drug-likeness (QED) is 0.313. The van der Waals surface area contributed by atoms with Crippen LogP contribution in [0.2, 0.25) is 13.1 Å². The number of rotatable bonds is 6. The zero-order chi connectivity index (χ0) is 24.5. The van der Waals surface area contributed by atoms with Gasteiger partial charge in [-0.3, -0.25) is 4.79 Å². The van der Waals surface area contributed by atoms with Crippen molar-refractivity contribution in [3.63, 3.8) is 0 Å². The van der Waals surface area contributed by atoms with E-state index in [9.17, 15) is 4.79 Å². The molecule has 0 N–H and O–H groups in total. The molecule has 2 rings (SSSR count). The third kappa shape index (κ3) is 6.38. The van der Waals surface area contributed by atoms with Gasteiger partial charge >= 0.3 is 5.97 Å². The summed E-state index contributed by atoms with van der Waals surface area (Å²) in [5.41, 5.74) is 2.89. The number of esters is 1. The van der Waals surface area contributed by atoms with Gasteiger partial charge in [-0.25, -0.2) is 0 Å². The fourth-order valence-electron chi connectivity index (χ4n) is 3.64. The second kappa shape index (κ2) is 9.30. The highest BCUT2D eigenvalue weighted by atomic mass is 28.3. The van der Waals surface area contributed by atoms with E-state index in [2.05, 4.69) is 104 Å². The summed E-state index contributed by atoms with van der Waals surface area (Å²) in [4.78, 5) is 13.9. The van der Waals surface area contributed by atoms with Gasteiger partial charge in [0.05, 0.1) is 6.23 Å². The SMILES string of the molecule is CC(=O)Oc1cc(C(C)(C)C)c(OC[Si](C)(C)c2ccc(N(C)C)cc2)cc1C(C)(C)C. The first kappa shape index (κ1) is 26.0. The highest BCUT2D eigenvalue weighted by molar-refractivity contribution is 6.89. The molecule has 0 heterocycles. The molecule has 0 saturated carbocycles. The van der Waals surface area contributed by atoms with Crippen LogP contribution in [0.15, 0.2) is 36.4 Å². The second-order valence-corrected chi connectivity index (χ2v) is 16.2. The van der Waals surface area contributed by atoms with Gasteiger partial charge in [-0.05, 0) is 35.1 Å². The van der Waals surface area contributed by atoms with Crippen LogP contribution >= 0.6 is 0 Å². The molecule has 0 fully saturated rings. The number of hydrogen-bond donors (Lipinski definition) is 0. The van der Waals surface area contributed by atoms with E-state index in [1.54, 1.807) is 0 Å². The summed E-state index contributed by atoms with van der Waals surface area (Å²) < 4.78 is 12.2. The van der Waals surface area contributed by atoms with Crippen LogP contribution in [-0.4, -0.2) is 34.4 Å². The summed E-state index contributed by atoms with van der Waals surface area (Å²) in [6.07, 6.45) is 0.674. The molecule has 2 aromatic rings. The number of hydrogen-bond acceptors (Lipinski definition) is 4. The lowest BCUT2D eigenvalue weighted by molar-refractivity contribution is -0.131. The van der Waals surface area contributed by atoms with E-state index in [1.807, 2.05) is 6.07 Å². The average Bonchev–Trinajstić information content (AvgIpc) is 2.64. The highest BCUT2D eigenvalue weighted by Gasteiger charge is 2.30. The Kier molecular flexibility index (Phi) is 7.55. The molecule has 0 bridgehead atoms. The summed E-state index contributed by atoms with van der Waals surface area (Å²) in [7, 11) is 2.28. The van der Waals surface area contributed by atoms with Gasteiger partial charge in [-0.15, -0.1) is 0 Å². The summed E-state index contributed by atoms with van der Waals surface area (Å²) in [5, 5.41) is 1.37. The molecular weight excluding hydrogens is 414 g/mol. The van der Waals surface area contributed by atoms with Crippen molar-refractivity contribution in [2.75, 3.05) is 25.2 Å². The molecule has 0 aliphatic heterocycles. The minimum Gasteiger partial charge on any atom is -0.496 e. The zero-order valence-corrected chi connectivity index (χ0v) is 22.8. The Morgan fingerprint density at radius 3 is 1.78 bits per heavy atom. The van der Waals surface area contributed by atoms with Gasteiger partial charge in [0.2, 0.25) is 0 Å². The van der Waals surface area contributed by atoms with Crippen LogP contribution in [0.4, 0.5) is 5.69 Å². The average molecular weight is 456 g/mol. The number of carbonyl (C=O) groups excluding carboxylic acids is 1. The number of ether oxygens (including phenoxy) is 2. The van der Waals surface area contributed by atoms with Gasteiger partial charge in [0.25, 0.3) is 0 Å². The fourth-order valence-corrected chi connectivity index (χ4v) is 5.40. The molecule has 0 aromatic heterocycles. The molecule has 0 saturated heterocycles. The van der Waals surface area contributed by atoms with E-state index in [0.29, 0.717) is 12.0 Å².